The average molecular weight is 525 g/mol. The molecule has 0 spiro atoms. The van der Waals surface area contributed by atoms with Crippen molar-refractivity contribution < 1.29 is 14.2 Å². The van der Waals surface area contributed by atoms with Crippen molar-refractivity contribution in [2.45, 2.75) is 18.9 Å². The van der Waals surface area contributed by atoms with Gasteiger partial charge in [-0.25, -0.2) is 4.68 Å². The highest BCUT2D eigenvalue weighted by atomic mass is 79.9. The molecule has 0 atom stereocenters. The second-order valence-corrected chi connectivity index (χ2v) is 8.80. The van der Waals surface area contributed by atoms with E-state index in [2.05, 4.69) is 31.7 Å². The fourth-order valence-electron chi connectivity index (χ4n) is 3.98. The van der Waals surface area contributed by atoms with Crippen LogP contribution in [0.15, 0.2) is 53.1 Å². The molecule has 0 unspecified atom stereocenters. The van der Waals surface area contributed by atoms with Crippen LogP contribution >= 0.6 is 15.9 Å². The lowest BCUT2D eigenvalue weighted by Crippen LogP contribution is -2.20. The number of nitrogens with zero attached hydrogens (tertiary/aromatic N) is 4. The van der Waals surface area contributed by atoms with Gasteiger partial charge in [0.15, 0.2) is 5.65 Å². The molecule has 1 saturated heterocycles. The molecule has 0 amide bonds. The van der Waals surface area contributed by atoms with Gasteiger partial charge in [0.25, 0.3) is 0 Å². The number of rotatable bonds is 7. The number of ether oxygens (including phenoxy) is 3. The molecule has 2 N–H and O–H groups in total. The standard InChI is InChI=1S/C24H25BrN6O3/c1-32-18-6-4-16(5-7-18)27-24-29-22(28-20-13-15(25)3-8-21(20)33-2)19-14-26-31(23(19)30-24)17-9-11-34-12-10-17/h3-8,13-14,17H,9-12H2,1-2H3,(H2,27,28,29,30). The Morgan fingerprint density at radius 3 is 2.53 bits per heavy atom. The van der Waals surface area contributed by atoms with Gasteiger partial charge in [0.2, 0.25) is 5.95 Å². The first kappa shape index (κ1) is 22.4. The number of fused-ring (bicyclic) bond motifs is 1. The van der Waals surface area contributed by atoms with E-state index in [4.69, 9.17) is 24.2 Å². The molecule has 176 valence electrons. The molecular formula is C24H25BrN6O3. The minimum atomic E-state index is 0.225. The monoisotopic (exact) mass is 524 g/mol. The van der Waals surface area contributed by atoms with E-state index < -0.39 is 0 Å². The normalized spacial score (nSPS) is 14.2. The molecule has 34 heavy (non-hydrogen) atoms. The van der Waals surface area contributed by atoms with E-state index in [0.29, 0.717) is 30.7 Å². The summed E-state index contributed by atoms with van der Waals surface area (Å²) in [7, 11) is 3.29. The molecule has 0 radical (unpaired) electrons. The molecular weight excluding hydrogens is 500 g/mol. The van der Waals surface area contributed by atoms with E-state index in [1.54, 1.807) is 14.2 Å². The van der Waals surface area contributed by atoms with Crippen LogP contribution in [0.2, 0.25) is 0 Å². The Hall–Kier alpha value is -3.37. The lowest BCUT2D eigenvalue weighted by molar-refractivity contribution is 0.0673. The van der Waals surface area contributed by atoms with Crippen LogP contribution in [0.3, 0.4) is 0 Å². The highest BCUT2D eigenvalue weighted by Crippen LogP contribution is 2.34. The molecule has 3 heterocycles. The number of benzene rings is 2. The van der Waals surface area contributed by atoms with Crippen molar-refractivity contribution in [2.24, 2.45) is 0 Å². The van der Waals surface area contributed by atoms with Crippen molar-refractivity contribution in [1.82, 2.24) is 19.7 Å². The summed E-state index contributed by atoms with van der Waals surface area (Å²) in [5.41, 5.74) is 2.39. The van der Waals surface area contributed by atoms with Gasteiger partial charge < -0.3 is 24.8 Å². The number of methoxy groups -OCH3 is 2. The van der Waals surface area contributed by atoms with Gasteiger partial charge >= 0.3 is 0 Å². The molecule has 0 aliphatic carbocycles. The van der Waals surface area contributed by atoms with E-state index >= 15 is 0 Å². The minimum absolute atomic E-state index is 0.225. The molecule has 1 fully saturated rings. The van der Waals surface area contributed by atoms with Crippen molar-refractivity contribution in [1.29, 1.82) is 0 Å². The topological polar surface area (TPSA) is 95.3 Å². The largest absolute Gasteiger partial charge is 0.497 e. The molecule has 2 aromatic carbocycles. The fourth-order valence-corrected chi connectivity index (χ4v) is 4.34. The lowest BCUT2D eigenvalue weighted by atomic mass is 10.1. The third kappa shape index (κ3) is 4.64. The predicted molar refractivity (Wildman–Crippen MR) is 135 cm³/mol. The van der Waals surface area contributed by atoms with Crippen LogP contribution < -0.4 is 20.1 Å². The summed E-state index contributed by atoms with van der Waals surface area (Å²) in [4.78, 5) is 9.62. The Labute approximate surface area is 205 Å². The maximum absolute atomic E-state index is 5.54. The molecule has 4 aromatic rings. The minimum Gasteiger partial charge on any atom is -0.497 e. The first-order chi connectivity index (χ1) is 16.6. The maximum atomic E-state index is 5.54. The Balaban J connectivity index is 1.57. The highest BCUT2D eigenvalue weighted by Gasteiger charge is 2.22. The van der Waals surface area contributed by atoms with Gasteiger partial charge in [-0.15, -0.1) is 0 Å². The zero-order chi connectivity index (χ0) is 23.5. The first-order valence-corrected chi connectivity index (χ1v) is 11.8. The summed E-state index contributed by atoms with van der Waals surface area (Å²) >= 11 is 3.54. The van der Waals surface area contributed by atoms with Crippen molar-refractivity contribution in [2.75, 3.05) is 38.1 Å². The summed E-state index contributed by atoms with van der Waals surface area (Å²) in [6.07, 6.45) is 3.60. The van der Waals surface area contributed by atoms with Crippen molar-refractivity contribution in [3.05, 3.63) is 53.1 Å². The molecule has 2 aromatic heterocycles. The number of aromatic nitrogens is 4. The van der Waals surface area contributed by atoms with Gasteiger partial charge in [0.1, 0.15) is 17.3 Å². The van der Waals surface area contributed by atoms with Crippen LogP contribution in [0.25, 0.3) is 11.0 Å². The Morgan fingerprint density at radius 2 is 1.79 bits per heavy atom. The van der Waals surface area contributed by atoms with E-state index in [-0.39, 0.29) is 6.04 Å². The summed E-state index contributed by atoms with van der Waals surface area (Å²) in [6, 6.07) is 13.6. The Bertz CT molecular complexity index is 1290. The summed E-state index contributed by atoms with van der Waals surface area (Å²) in [6.45, 7) is 1.43. The van der Waals surface area contributed by atoms with E-state index in [9.17, 15) is 0 Å². The molecule has 10 heteroatoms. The third-order valence-electron chi connectivity index (χ3n) is 5.75. The van der Waals surface area contributed by atoms with E-state index in [0.717, 1.165) is 45.5 Å². The zero-order valence-electron chi connectivity index (χ0n) is 18.9. The van der Waals surface area contributed by atoms with E-state index in [1.165, 1.54) is 0 Å². The van der Waals surface area contributed by atoms with Crippen LogP contribution in [-0.2, 0) is 4.74 Å². The highest BCUT2D eigenvalue weighted by molar-refractivity contribution is 9.10. The predicted octanol–water partition coefficient (Wildman–Crippen LogP) is 5.44. The molecule has 0 saturated carbocycles. The van der Waals surface area contributed by atoms with Gasteiger partial charge in [-0.1, -0.05) is 15.9 Å². The van der Waals surface area contributed by atoms with Crippen LogP contribution in [0.1, 0.15) is 18.9 Å². The average Bonchev–Trinajstić information content (AvgIpc) is 3.29. The second-order valence-electron chi connectivity index (χ2n) is 7.89. The Morgan fingerprint density at radius 1 is 1.00 bits per heavy atom. The van der Waals surface area contributed by atoms with Crippen molar-refractivity contribution in [3.8, 4) is 11.5 Å². The molecule has 9 nitrogen and oxygen atoms in total. The smallest absolute Gasteiger partial charge is 0.231 e. The number of halogens is 1. The molecule has 1 aliphatic heterocycles. The lowest BCUT2D eigenvalue weighted by Gasteiger charge is -2.23. The van der Waals surface area contributed by atoms with Gasteiger partial charge in [-0.3, -0.25) is 0 Å². The van der Waals surface area contributed by atoms with Gasteiger partial charge in [0.05, 0.1) is 37.5 Å². The van der Waals surface area contributed by atoms with Gasteiger partial charge in [-0.05, 0) is 55.3 Å². The fraction of sp³-hybridized carbons (Fsp3) is 0.292. The summed E-state index contributed by atoms with van der Waals surface area (Å²) in [5, 5.41) is 12.2. The second kappa shape index (κ2) is 9.86. The van der Waals surface area contributed by atoms with Gasteiger partial charge in [0, 0.05) is 23.4 Å². The van der Waals surface area contributed by atoms with Gasteiger partial charge in [-0.2, -0.15) is 15.1 Å². The SMILES string of the molecule is COc1ccc(Nc2nc(Nc3cc(Br)ccc3OC)c3cnn(C4CCOCC4)c3n2)cc1. The number of hydrogen-bond acceptors (Lipinski definition) is 8. The summed E-state index contributed by atoms with van der Waals surface area (Å²) < 4.78 is 19.3. The van der Waals surface area contributed by atoms with E-state index in [1.807, 2.05) is 53.3 Å². The summed E-state index contributed by atoms with van der Waals surface area (Å²) in [5.74, 6) is 2.58. The zero-order valence-corrected chi connectivity index (χ0v) is 20.5. The van der Waals surface area contributed by atoms with Crippen molar-refractivity contribution in [3.63, 3.8) is 0 Å². The number of anilines is 4. The number of hydrogen-bond donors (Lipinski definition) is 2. The Kier molecular flexibility index (Phi) is 6.50. The maximum Gasteiger partial charge on any atom is 0.231 e. The molecule has 5 rings (SSSR count). The first-order valence-electron chi connectivity index (χ1n) is 11.0. The number of nitrogens with one attached hydrogen (secondary N) is 2. The molecule has 1 aliphatic rings. The van der Waals surface area contributed by atoms with Crippen LogP contribution in [0.4, 0.5) is 23.1 Å². The molecule has 0 bridgehead atoms. The third-order valence-corrected chi connectivity index (χ3v) is 6.24. The van der Waals surface area contributed by atoms with Crippen molar-refractivity contribution >= 4 is 50.1 Å². The quantitative estimate of drug-likeness (QED) is 0.329. The van der Waals surface area contributed by atoms with Crippen LogP contribution in [-0.4, -0.2) is 47.2 Å². The van der Waals surface area contributed by atoms with Crippen LogP contribution in [0, 0.1) is 0 Å². The van der Waals surface area contributed by atoms with Crippen LogP contribution in [0.5, 0.6) is 11.5 Å².